The van der Waals surface area contributed by atoms with Crippen molar-refractivity contribution < 1.29 is 4.79 Å². The minimum atomic E-state index is -0.420. The molecule has 0 saturated carbocycles. The Hall–Kier alpha value is -1.20. The Balaban J connectivity index is 2.16. The molecule has 92 valence electrons. The van der Waals surface area contributed by atoms with Gasteiger partial charge in [-0.1, -0.05) is 13.8 Å². The van der Waals surface area contributed by atoms with Gasteiger partial charge in [-0.15, -0.1) is 11.3 Å². The van der Waals surface area contributed by atoms with Gasteiger partial charge < -0.3 is 5.73 Å². The van der Waals surface area contributed by atoms with Crippen LogP contribution in [0.3, 0.4) is 0 Å². The fourth-order valence-corrected chi connectivity index (χ4v) is 2.41. The largest absolute Gasteiger partial charge is 0.329 e. The molecule has 0 spiro atoms. The lowest BCUT2D eigenvalue weighted by Crippen LogP contribution is -2.36. The molecule has 0 aliphatic carbocycles. The average Bonchev–Trinajstić information content (AvgIpc) is 2.88. The van der Waals surface area contributed by atoms with Crippen molar-refractivity contribution in [2.75, 3.05) is 6.54 Å². The molecular formula is C12H17N3OS. The van der Waals surface area contributed by atoms with Crippen molar-refractivity contribution in [2.45, 2.75) is 26.7 Å². The number of aromatic nitrogens is 2. The van der Waals surface area contributed by atoms with Gasteiger partial charge in [-0.3, -0.25) is 9.20 Å². The Kier molecular flexibility index (Phi) is 3.31. The highest BCUT2D eigenvalue weighted by Crippen LogP contribution is 2.23. The van der Waals surface area contributed by atoms with Crippen LogP contribution in [0.5, 0.6) is 0 Å². The summed E-state index contributed by atoms with van der Waals surface area (Å²) in [6, 6.07) is 0. The lowest BCUT2D eigenvalue weighted by atomic mass is 9.81. The van der Waals surface area contributed by atoms with Crippen LogP contribution in [0.2, 0.25) is 0 Å². The third-order valence-corrected chi connectivity index (χ3v) is 4.16. The molecule has 2 aromatic rings. The molecule has 1 atom stereocenters. The summed E-state index contributed by atoms with van der Waals surface area (Å²) in [5.41, 5.74) is 6.09. The summed E-state index contributed by atoms with van der Waals surface area (Å²) in [7, 11) is 0. The van der Waals surface area contributed by atoms with Crippen LogP contribution in [0.4, 0.5) is 0 Å². The van der Waals surface area contributed by atoms with E-state index in [4.69, 9.17) is 5.73 Å². The first-order valence-electron chi connectivity index (χ1n) is 5.73. The number of fused-ring (bicyclic) bond motifs is 1. The van der Waals surface area contributed by atoms with Crippen LogP contribution in [-0.2, 0) is 11.2 Å². The number of imidazole rings is 1. The molecule has 0 amide bonds. The van der Waals surface area contributed by atoms with Gasteiger partial charge in [0, 0.05) is 29.7 Å². The second-order valence-electron chi connectivity index (χ2n) is 4.54. The zero-order valence-electron chi connectivity index (χ0n) is 10.1. The normalized spacial score (nSPS) is 15.0. The van der Waals surface area contributed by atoms with Crippen LogP contribution in [0.1, 0.15) is 26.0 Å². The van der Waals surface area contributed by atoms with Gasteiger partial charge in [0.05, 0.1) is 12.1 Å². The number of carbonyl (C=O) groups is 1. The molecule has 0 saturated heterocycles. The summed E-state index contributed by atoms with van der Waals surface area (Å²) in [6.45, 7) is 4.31. The van der Waals surface area contributed by atoms with E-state index < -0.39 is 5.41 Å². The van der Waals surface area contributed by atoms with Gasteiger partial charge in [0.25, 0.3) is 0 Å². The Labute approximate surface area is 104 Å². The highest BCUT2D eigenvalue weighted by molar-refractivity contribution is 7.15. The van der Waals surface area contributed by atoms with E-state index in [1.54, 1.807) is 11.3 Å². The third kappa shape index (κ3) is 2.25. The van der Waals surface area contributed by atoms with Crippen molar-refractivity contribution in [2.24, 2.45) is 11.1 Å². The SMILES string of the molecule is CCC(C)(CN)C(=O)Cc1cn2ccsc2n1. The van der Waals surface area contributed by atoms with E-state index in [-0.39, 0.29) is 5.78 Å². The maximum atomic E-state index is 12.2. The van der Waals surface area contributed by atoms with Crippen LogP contribution < -0.4 is 5.73 Å². The molecular weight excluding hydrogens is 234 g/mol. The Bertz CT molecular complexity index is 496. The number of Topliss-reactive ketones (excluding diaryl/α,β-unsaturated/α-hetero) is 1. The topological polar surface area (TPSA) is 60.4 Å². The van der Waals surface area contributed by atoms with E-state index in [0.717, 1.165) is 17.1 Å². The van der Waals surface area contributed by atoms with Crippen molar-refractivity contribution in [3.05, 3.63) is 23.5 Å². The monoisotopic (exact) mass is 251 g/mol. The fraction of sp³-hybridized carbons (Fsp3) is 0.500. The second kappa shape index (κ2) is 4.58. The lowest BCUT2D eigenvalue weighted by molar-refractivity contribution is -0.127. The van der Waals surface area contributed by atoms with Crippen LogP contribution in [0, 0.1) is 5.41 Å². The van der Waals surface area contributed by atoms with E-state index in [1.165, 1.54) is 0 Å². The van der Waals surface area contributed by atoms with Gasteiger partial charge in [-0.25, -0.2) is 4.98 Å². The van der Waals surface area contributed by atoms with E-state index in [9.17, 15) is 4.79 Å². The smallest absolute Gasteiger partial charge is 0.193 e. The molecule has 2 heterocycles. The minimum absolute atomic E-state index is 0.174. The summed E-state index contributed by atoms with van der Waals surface area (Å²) in [6.07, 6.45) is 5.00. The van der Waals surface area contributed by atoms with E-state index in [0.29, 0.717) is 13.0 Å². The van der Waals surface area contributed by atoms with Crippen LogP contribution in [-0.4, -0.2) is 21.7 Å². The second-order valence-corrected chi connectivity index (χ2v) is 5.42. The molecule has 1 unspecified atom stereocenters. The number of ketones is 1. The molecule has 2 aromatic heterocycles. The molecule has 0 aromatic carbocycles. The number of nitrogens with two attached hydrogens (primary N) is 1. The number of hydrogen-bond acceptors (Lipinski definition) is 4. The maximum Gasteiger partial charge on any atom is 0.193 e. The Morgan fingerprint density at radius 3 is 3.00 bits per heavy atom. The predicted octanol–water partition coefficient (Wildman–Crippen LogP) is 1.88. The summed E-state index contributed by atoms with van der Waals surface area (Å²) in [5, 5.41) is 1.98. The first kappa shape index (κ1) is 12.3. The first-order valence-corrected chi connectivity index (χ1v) is 6.61. The molecule has 0 aliphatic heterocycles. The fourth-order valence-electron chi connectivity index (χ4n) is 1.69. The zero-order chi connectivity index (χ0) is 12.5. The van der Waals surface area contributed by atoms with Gasteiger partial charge >= 0.3 is 0 Å². The molecule has 5 heteroatoms. The third-order valence-electron chi connectivity index (χ3n) is 3.39. The number of carbonyl (C=O) groups excluding carboxylic acids is 1. The minimum Gasteiger partial charge on any atom is -0.329 e. The van der Waals surface area contributed by atoms with Crippen LogP contribution in [0.25, 0.3) is 4.96 Å². The van der Waals surface area contributed by atoms with Crippen molar-refractivity contribution in [1.29, 1.82) is 0 Å². The summed E-state index contributed by atoms with van der Waals surface area (Å²) in [5.74, 6) is 0.174. The maximum absolute atomic E-state index is 12.2. The summed E-state index contributed by atoms with van der Waals surface area (Å²) < 4.78 is 1.94. The average molecular weight is 251 g/mol. The number of hydrogen-bond donors (Lipinski definition) is 1. The molecule has 0 fully saturated rings. The molecule has 17 heavy (non-hydrogen) atoms. The van der Waals surface area contributed by atoms with Gasteiger partial charge in [-0.2, -0.15) is 0 Å². The van der Waals surface area contributed by atoms with Crippen molar-refractivity contribution in [1.82, 2.24) is 9.38 Å². The number of thiazole rings is 1. The van der Waals surface area contributed by atoms with Crippen molar-refractivity contribution in [3.63, 3.8) is 0 Å². The van der Waals surface area contributed by atoms with Crippen molar-refractivity contribution in [3.8, 4) is 0 Å². The Morgan fingerprint density at radius 2 is 2.41 bits per heavy atom. The standard InChI is InChI=1S/C12H17N3OS/c1-3-12(2,8-13)10(16)6-9-7-15-4-5-17-11(15)14-9/h4-5,7H,3,6,8,13H2,1-2H3. The highest BCUT2D eigenvalue weighted by atomic mass is 32.1. The molecule has 2 N–H and O–H groups in total. The Morgan fingerprint density at radius 1 is 1.65 bits per heavy atom. The van der Waals surface area contributed by atoms with Gasteiger partial charge in [0.15, 0.2) is 4.96 Å². The van der Waals surface area contributed by atoms with Gasteiger partial charge in [0.2, 0.25) is 0 Å². The first-order chi connectivity index (χ1) is 8.09. The van der Waals surface area contributed by atoms with E-state index in [2.05, 4.69) is 4.98 Å². The number of rotatable bonds is 5. The van der Waals surface area contributed by atoms with E-state index in [1.807, 2.05) is 36.0 Å². The van der Waals surface area contributed by atoms with Gasteiger partial charge in [-0.05, 0) is 6.42 Å². The van der Waals surface area contributed by atoms with E-state index >= 15 is 0 Å². The highest BCUT2D eigenvalue weighted by Gasteiger charge is 2.29. The molecule has 0 bridgehead atoms. The predicted molar refractivity (Wildman–Crippen MR) is 69.2 cm³/mol. The lowest BCUT2D eigenvalue weighted by Gasteiger charge is -2.23. The number of nitrogens with zero attached hydrogens (tertiary/aromatic N) is 2. The molecule has 4 nitrogen and oxygen atoms in total. The summed E-state index contributed by atoms with van der Waals surface area (Å²) >= 11 is 1.57. The zero-order valence-corrected chi connectivity index (χ0v) is 11.0. The van der Waals surface area contributed by atoms with Crippen LogP contribution >= 0.6 is 11.3 Å². The quantitative estimate of drug-likeness (QED) is 0.882. The van der Waals surface area contributed by atoms with Crippen molar-refractivity contribution >= 4 is 22.1 Å². The molecule has 0 aliphatic rings. The van der Waals surface area contributed by atoms with Gasteiger partial charge in [0.1, 0.15) is 5.78 Å². The van der Waals surface area contributed by atoms with Crippen LogP contribution in [0.15, 0.2) is 17.8 Å². The molecule has 2 rings (SSSR count). The molecule has 0 radical (unpaired) electrons. The summed E-state index contributed by atoms with van der Waals surface area (Å²) in [4.78, 5) is 17.5.